The fraction of sp³-hybridized carbons (Fsp3) is 0.200. The molecule has 1 nitrogen and oxygen atoms in total. The molecule has 5 heteroatoms. The Morgan fingerprint density at radius 2 is 1.93 bits per heavy atom. The van der Waals surface area contributed by atoms with Crippen molar-refractivity contribution in [3.63, 3.8) is 0 Å². The standard InChI is InChI=1S/C10H6BrF3O/c1-5-9(11)7-3-2-6(10(12,13)14)4-8(7)15-5/h2-4H,1H3. The molecular weight excluding hydrogens is 273 g/mol. The number of halogens is 4. The highest BCUT2D eigenvalue weighted by atomic mass is 79.9. The van der Waals surface area contributed by atoms with Crippen LogP contribution in [0.5, 0.6) is 0 Å². The predicted octanol–water partition coefficient (Wildman–Crippen LogP) is 4.52. The lowest BCUT2D eigenvalue weighted by Gasteiger charge is -2.05. The van der Waals surface area contributed by atoms with E-state index in [0.717, 1.165) is 12.1 Å². The van der Waals surface area contributed by atoms with Crippen LogP contribution in [0.25, 0.3) is 11.0 Å². The van der Waals surface area contributed by atoms with Crippen LogP contribution in [-0.4, -0.2) is 0 Å². The number of furan rings is 1. The minimum absolute atomic E-state index is 0.245. The number of rotatable bonds is 0. The van der Waals surface area contributed by atoms with Crippen LogP contribution in [0.2, 0.25) is 0 Å². The second kappa shape index (κ2) is 3.27. The summed E-state index contributed by atoms with van der Waals surface area (Å²) >= 11 is 3.25. The van der Waals surface area contributed by atoms with E-state index in [1.807, 2.05) is 0 Å². The van der Waals surface area contributed by atoms with Gasteiger partial charge >= 0.3 is 6.18 Å². The van der Waals surface area contributed by atoms with Crippen molar-refractivity contribution < 1.29 is 17.6 Å². The summed E-state index contributed by atoms with van der Waals surface area (Å²) in [6.45, 7) is 1.69. The van der Waals surface area contributed by atoms with Gasteiger partial charge in [-0.2, -0.15) is 13.2 Å². The number of hydrogen-bond acceptors (Lipinski definition) is 1. The van der Waals surface area contributed by atoms with Crippen LogP contribution < -0.4 is 0 Å². The van der Waals surface area contributed by atoms with Crippen LogP contribution in [0.15, 0.2) is 27.1 Å². The third kappa shape index (κ3) is 1.76. The van der Waals surface area contributed by atoms with Crippen LogP contribution in [0, 0.1) is 6.92 Å². The zero-order valence-electron chi connectivity index (χ0n) is 7.65. The number of fused-ring (bicyclic) bond motifs is 1. The molecule has 0 atom stereocenters. The molecule has 0 aliphatic heterocycles. The molecule has 1 aromatic carbocycles. The van der Waals surface area contributed by atoms with Crippen LogP contribution in [-0.2, 0) is 6.18 Å². The van der Waals surface area contributed by atoms with Crippen LogP contribution >= 0.6 is 15.9 Å². The molecule has 0 fully saturated rings. The first kappa shape index (κ1) is 10.5. The highest BCUT2D eigenvalue weighted by molar-refractivity contribution is 9.10. The summed E-state index contributed by atoms with van der Waals surface area (Å²) < 4.78 is 43.0. The van der Waals surface area contributed by atoms with Crippen LogP contribution in [0.1, 0.15) is 11.3 Å². The molecule has 2 aromatic rings. The summed E-state index contributed by atoms with van der Waals surface area (Å²) in [6, 6.07) is 3.45. The largest absolute Gasteiger partial charge is 0.460 e. The third-order valence-electron chi connectivity index (χ3n) is 2.12. The van der Waals surface area contributed by atoms with Gasteiger partial charge in [0, 0.05) is 5.39 Å². The molecular formula is C10H6BrF3O. The van der Waals surface area contributed by atoms with Crippen LogP contribution in [0.3, 0.4) is 0 Å². The maximum Gasteiger partial charge on any atom is 0.416 e. The molecule has 0 amide bonds. The summed E-state index contributed by atoms with van der Waals surface area (Å²) in [4.78, 5) is 0. The van der Waals surface area contributed by atoms with Crippen LogP contribution in [0.4, 0.5) is 13.2 Å². The maximum atomic E-state index is 12.4. The molecule has 0 aliphatic rings. The molecule has 0 saturated carbocycles. The van der Waals surface area contributed by atoms with Crippen molar-refractivity contribution in [2.45, 2.75) is 13.1 Å². The number of hydrogen-bond donors (Lipinski definition) is 0. The van der Waals surface area contributed by atoms with E-state index in [4.69, 9.17) is 4.42 Å². The molecule has 0 N–H and O–H groups in total. The third-order valence-corrected chi connectivity index (χ3v) is 3.10. The summed E-state index contributed by atoms with van der Waals surface area (Å²) in [6.07, 6.45) is -4.33. The van der Waals surface area contributed by atoms with E-state index < -0.39 is 11.7 Å². The minimum Gasteiger partial charge on any atom is -0.460 e. The van der Waals surface area contributed by atoms with Crippen molar-refractivity contribution in [3.05, 3.63) is 34.0 Å². The Morgan fingerprint density at radius 1 is 1.27 bits per heavy atom. The number of benzene rings is 1. The van der Waals surface area contributed by atoms with Gasteiger partial charge in [0.2, 0.25) is 0 Å². The monoisotopic (exact) mass is 278 g/mol. The average molecular weight is 279 g/mol. The Labute approximate surface area is 92.0 Å². The van der Waals surface area contributed by atoms with Gasteiger partial charge in [0.15, 0.2) is 0 Å². The summed E-state index contributed by atoms with van der Waals surface area (Å²) in [5.41, 5.74) is -0.453. The predicted molar refractivity (Wildman–Crippen MR) is 53.7 cm³/mol. The molecule has 15 heavy (non-hydrogen) atoms. The van der Waals surface area contributed by atoms with E-state index in [0.29, 0.717) is 15.6 Å². The summed E-state index contributed by atoms with van der Waals surface area (Å²) in [5.74, 6) is 0.573. The lowest BCUT2D eigenvalue weighted by atomic mass is 10.1. The van der Waals surface area contributed by atoms with E-state index in [-0.39, 0.29) is 5.58 Å². The number of aryl methyl sites for hydroxylation is 1. The highest BCUT2D eigenvalue weighted by Crippen LogP contribution is 2.35. The molecule has 0 aliphatic carbocycles. The fourth-order valence-corrected chi connectivity index (χ4v) is 1.77. The van der Waals surface area contributed by atoms with E-state index in [1.54, 1.807) is 6.92 Å². The second-order valence-electron chi connectivity index (χ2n) is 3.18. The molecule has 0 unspecified atom stereocenters. The van der Waals surface area contributed by atoms with Crippen molar-refractivity contribution in [1.82, 2.24) is 0 Å². The van der Waals surface area contributed by atoms with Crippen molar-refractivity contribution in [3.8, 4) is 0 Å². The zero-order valence-corrected chi connectivity index (χ0v) is 9.24. The van der Waals surface area contributed by atoms with Crippen molar-refractivity contribution >= 4 is 26.9 Å². The summed E-state index contributed by atoms with van der Waals surface area (Å²) in [7, 11) is 0. The van der Waals surface area contributed by atoms with Gasteiger partial charge in [-0.3, -0.25) is 0 Å². The lowest BCUT2D eigenvalue weighted by molar-refractivity contribution is -0.137. The zero-order chi connectivity index (χ0) is 11.2. The molecule has 1 heterocycles. The highest BCUT2D eigenvalue weighted by Gasteiger charge is 2.31. The average Bonchev–Trinajstić information content (AvgIpc) is 2.41. The first-order chi connectivity index (χ1) is 6.89. The Balaban J connectivity index is 2.67. The number of alkyl halides is 3. The molecule has 0 saturated heterocycles. The SMILES string of the molecule is Cc1oc2cc(C(F)(F)F)ccc2c1Br. The molecule has 1 aromatic heterocycles. The smallest absolute Gasteiger partial charge is 0.416 e. The second-order valence-corrected chi connectivity index (χ2v) is 3.97. The lowest BCUT2D eigenvalue weighted by Crippen LogP contribution is -2.03. The molecule has 0 radical (unpaired) electrons. The van der Waals surface area contributed by atoms with Gasteiger partial charge in [0.05, 0.1) is 10.0 Å². The quantitative estimate of drug-likeness (QED) is 0.690. The van der Waals surface area contributed by atoms with E-state index in [9.17, 15) is 13.2 Å². The van der Waals surface area contributed by atoms with Crippen molar-refractivity contribution in [1.29, 1.82) is 0 Å². The topological polar surface area (TPSA) is 13.1 Å². The van der Waals surface area contributed by atoms with Gasteiger partial charge in [-0.05, 0) is 41.1 Å². The van der Waals surface area contributed by atoms with E-state index in [2.05, 4.69) is 15.9 Å². The van der Waals surface area contributed by atoms with Gasteiger partial charge < -0.3 is 4.42 Å². The maximum absolute atomic E-state index is 12.4. The van der Waals surface area contributed by atoms with Gasteiger partial charge in [-0.1, -0.05) is 0 Å². The van der Waals surface area contributed by atoms with Crippen molar-refractivity contribution in [2.75, 3.05) is 0 Å². The fourth-order valence-electron chi connectivity index (χ4n) is 1.36. The van der Waals surface area contributed by atoms with Crippen molar-refractivity contribution in [2.24, 2.45) is 0 Å². The minimum atomic E-state index is -4.33. The van der Waals surface area contributed by atoms with Gasteiger partial charge in [0.25, 0.3) is 0 Å². The van der Waals surface area contributed by atoms with Gasteiger partial charge in [0.1, 0.15) is 11.3 Å². The molecule has 0 bridgehead atoms. The normalized spacial score (nSPS) is 12.3. The van der Waals surface area contributed by atoms with Gasteiger partial charge in [-0.15, -0.1) is 0 Å². The molecule has 80 valence electrons. The van der Waals surface area contributed by atoms with Gasteiger partial charge in [-0.25, -0.2) is 0 Å². The Bertz CT molecular complexity index is 513. The first-order valence-electron chi connectivity index (χ1n) is 4.15. The molecule has 2 rings (SSSR count). The van der Waals surface area contributed by atoms with E-state index >= 15 is 0 Å². The first-order valence-corrected chi connectivity index (χ1v) is 4.95. The Hall–Kier alpha value is -0.970. The summed E-state index contributed by atoms with van der Waals surface area (Å²) in [5, 5.41) is 0.653. The Kier molecular flexibility index (Phi) is 2.30. The Morgan fingerprint density at radius 3 is 2.53 bits per heavy atom. The molecule has 0 spiro atoms. The van der Waals surface area contributed by atoms with E-state index in [1.165, 1.54) is 6.07 Å².